The molecule has 0 atom stereocenters. The Kier molecular flexibility index (Phi) is 4.28. The number of thioether (sulfide) groups is 1. The van der Waals surface area contributed by atoms with E-state index in [0.29, 0.717) is 40.8 Å². The van der Waals surface area contributed by atoms with Crippen LogP contribution in [0.4, 0.5) is 0 Å². The van der Waals surface area contributed by atoms with E-state index in [0.717, 1.165) is 22.2 Å². The minimum absolute atomic E-state index is 0.0842. The fourth-order valence-electron chi connectivity index (χ4n) is 3.02. The molecule has 0 aliphatic carbocycles. The first-order chi connectivity index (χ1) is 12.4. The molecule has 138 valence electrons. The highest BCUT2D eigenvalue weighted by Gasteiger charge is 2.31. The molecule has 1 aliphatic rings. The van der Waals surface area contributed by atoms with E-state index < -0.39 is 0 Å². The Labute approximate surface area is 156 Å². The van der Waals surface area contributed by atoms with Crippen LogP contribution < -0.4 is 5.56 Å². The highest BCUT2D eigenvalue weighted by atomic mass is 32.2. The smallest absolute Gasteiger partial charge is 0.316 e. The van der Waals surface area contributed by atoms with E-state index in [2.05, 4.69) is 15.2 Å². The van der Waals surface area contributed by atoms with Crippen molar-refractivity contribution in [3.05, 3.63) is 20.8 Å². The fourth-order valence-corrected chi connectivity index (χ4v) is 4.85. The number of aromatic nitrogens is 4. The van der Waals surface area contributed by atoms with Gasteiger partial charge in [0.25, 0.3) is 5.56 Å². The van der Waals surface area contributed by atoms with Crippen molar-refractivity contribution in [2.45, 2.75) is 44.6 Å². The zero-order valence-corrected chi connectivity index (χ0v) is 16.3. The van der Waals surface area contributed by atoms with Gasteiger partial charge in [0.1, 0.15) is 4.83 Å². The van der Waals surface area contributed by atoms with Crippen molar-refractivity contribution in [3.8, 4) is 0 Å². The number of nitrogens with one attached hydrogen (secondary N) is 1. The van der Waals surface area contributed by atoms with Crippen LogP contribution in [0.15, 0.2) is 9.95 Å². The van der Waals surface area contributed by atoms with E-state index in [4.69, 9.17) is 9.47 Å². The van der Waals surface area contributed by atoms with E-state index >= 15 is 0 Å². The van der Waals surface area contributed by atoms with Gasteiger partial charge >= 0.3 is 5.97 Å². The molecule has 0 amide bonds. The summed E-state index contributed by atoms with van der Waals surface area (Å²) in [6, 6.07) is 0. The molecule has 3 aromatic rings. The zero-order valence-electron chi connectivity index (χ0n) is 14.6. The first-order valence-corrected chi connectivity index (χ1v) is 10.0. The van der Waals surface area contributed by atoms with Gasteiger partial charge in [-0.1, -0.05) is 11.8 Å². The maximum atomic E-state index is 13.2. The predicted octanol–water partition coefficient (Wildman–Crippen LogP) is 2.14. The van der Waals surface area contributed by atoms with Crippen LogP contribution in [0.3, 0.4) is 0 Å². The van der Waals surface area contributed by atoms with Gasteiger partial charge in [-0.15, -0.1) is 16.4 Å². The molecule has 4 heterocycles. The lowest BCUT2D eigenvalue weighted by atomic mass is 9.94. The minimum atomic E-state index is -0.345. The number of hydrogen-bond donors (Lipinski definition) is 1. The van der Waals surface area contributed by atoms with E-state index in [1.54, 1.807) is 6.92 Å². The Morgan fingerprint density at radius 2 is 2.31 bits per heavy atom. The molecular formula is C16H18N4O4S2. The van der Waals surface area contributed by atoms with Gasteiger partial charge in [-0.05, 0) is 26.3 Å². The summed E-state index contributed by atoms with van der Waals surface area (Å²) < 4.78 is 12.2. The van der Waals surface area contributed by atoms with E-state index in [-0.39, 0.29) is 22.9 Å². The summed E-state index contributed by atoms with van der Waals surface area (Å²) in [6.07, 6.45) is 0.661. The molecule has 0 unspecified atom stereocenters. The molecule has 0 radical (unpaired) electrons. The summed E-state index contributed by atoms with van der Waals surface area (Å²) in [4.78, 5) is 31.1. The molecule has 1 N–H and O–H groups in total. The third kappa shape index (κ3) is 2.91. The number of rotatable bonds is 4. The van der Waals surface area contributed by atoms with Crippen molar-refractivity contribution < 1.29 is 14.3 Å². The van der Waals surface area contributed by atoms with E-state index in [1.807, 2.05) is 13.8 Å². The molecule has 0 bridgehead atoms. The summed E-state index contributed by atoms with van der Waals surface area (Å²) in [7, 11) is 0. The van der Waals surface area contributed by atoms with Gasteiger partial charge in [0.15, 0.2) is 5.16 Å². The van der Waals surface area contributed by atoms with E-state index in [9.17, 15) is 9.59 Å². The Balaban J connectivity index is 1.81. The van der Waals surface area contributed by atoms with Gasteiger partial charge in [0.05, 0.1) is 30.0 Å². The highest BCUT2D eigenvalue weighted by molar-refractivity contribution is 7.99. The van der Waals surface area contributed by atoms with Gasteiger partial charge < -0.3 is 9.47 Å². The van der Waals surface area contributed by atoms with Crippen LogP contribution in [-0.2, 0) is 27.3 Å². The summed E-state index contributed by atoms with van der Waals surface area (Å²) in [5, 5.41) is 7.94. The molecule has 1 aliphatic heterocycles. The normalized spacial score (nSPS) is 16.1. The lowest BCUT2D eigenvalue weighted by molar-refractivity contribution is -0.139. The largest absolute Gasteiger partial charge is 0.465 e. The van der Waals surface area contributed by atoms with Gasteiger partial charge in [-0.25, -0.2) is 14.5 Å². The predicted molar refractivity (Wildman–Crippen MR) is 98.9 cm³/mol. The second-order valence-corrected chi connectivity index (χ2v) is 8.61. The van der Waals surface area contributed by atoms with Crippen molar-refractivity contribution in [1.29, 1.82) is 0 Å². The van der Waals surface area contributed by atoms with Crippen molar-refractivity contribution in [3.63, 3.8) is 0 Å². The van der Waals surface area contributed by atoms with Crippen molar-refractivity contribution >= 4 is 45.1 Å². The number of aromatic amines is 1. The molecule has 0 aromatic carbocycles. The Bertz CT molecular complexity index is 1070. The lowest BCUT2D eigenvalue weighted by Gasteiger charge is -2.29. The first kappa shape index (κ1) is 17.5. The molecular weight excluding hydrogens is 376 g/mol. The molecule has 26 heavy (non-hydrogen) atoms. The van der Waals surface area contributed by atoms with Gasteiger partial charge in [0, 0.05) is 11.3 Å². The second kappa shape index (κ2) is 6.36. The summed E-state index contributed by atoms with van der Waals surface area (Å²) in [6.45, 7) is 6.59. The molecule has 0 fully saturated rings. The average molecular weight is 394 g/mol. The number of hydrogen-bond acceptors (Lipinski definition) is 8. The second-order valence-electron chi connectivity index (χ2n) is 6.58. The number of ether oxygens (including phenoxy) is 2. The number of esters is 1. The average Bonchev–Trinajstić information content (AvgIpc) is 3.14. The SMILES string of the molecule is CCOC(=O)CSc1n[nH]c2nc3sc4c(c3c(=O)n12)CC(C)(C)OC4. The number of nitrogens with zero attached hydrogens (tertiary/aromatic N) is 3. The van der Waals surface area contributed by atoms with Gasteiger partial charge in [-0.2, -0.15) is 0 Å². The number of carbonyl (C=O) groups is 1. The Hall–Kier alpha value is -1.91. The molecule has 8 nitrogen and oxygen atoms in total. The van der Waals surface area contributed by atoms with Crippen LogP contribution in [0.1, 0.15) is 31.2 Å². The van der Waals surface area contributed by atoms with Gasteiger partial charge in [0.2, 0.25) is 5.78 Å². The summed E-state index contributed by atoms with van der Waals surface area (Å²) >= 11 is 2.64. The van der Waals surface area contributed by atoms with Crippen molar-refractivity contribution in [2.75, 3.05) is 12.4 Å². The lowest BCUT2D eigenvalue weighted by Crippen LogP contribution is -2.31. The quantitative estimate of drug-likeness (QED) is 0.535. The summed E-state index contributed by atoms with van der Waals surface area (Å²) in [5.74, 6) is 0.108. The fraction of sp³-hybridized carbons (Fsp3) is 0.500. The van der Waals surface area contributed by atoms with Crippen LogP contribution in [0.5, 0.6) is 0 Å². The summed E-state index contributed by atoms with van der Waals surface area (Å²) in [5.41, 5.74) is 0.529. The third-order valence-corrected chi connectivity index (χ3v) is 6.18. The first-order valence-electron chi connectivity index (χ1n) is 8.23. The maximum absolute atomic E-state index is 13.2. The van der Waals surface area contributed by atoms with Gasteiger partial charge in [-0.3, -0.25) is 9.59 Å². The third-order valence-electron chi connectivity index (χ3n) is 4.17. The Morgan fingerprint density at radius 1 is 1.50 bits per heavy atom. The standard InChI is InChI=1S/C16H18N4O4S2/c1-4-23-10(21)7-25-15-19-18-14-17-12-11(13(22)20(14)15)8-5-16(2,3)24-6-9(8)26-12/h4-7H2,1-3H3,(H,17,18). The molecule has 0 saturated carbocycles. The molecule has 0 saturated heterocycles. The molecule has 4 rings (SSSR count). The number of H-pyrrole nitrogens is 1. The zero-order chi connectivity index (χ0) is 18.5. The number of carbonyl (C=O) groups excluding carboxylic acids is 1. The Morgan fingerprint density at radius 3 is 3.08 bits per heavy atom. The molecule has 10 heteroatoms. The minimum Gasteiger partial charge on any atom is -0.465 e. The molecule has 3 aromatic heterocycles. The van der Waals surface area contributed by atoms with Crippen LogP contribution in [0.2, 0.25) is 0 Å². The van der Waals surface area contributed by atoms with E-state index in [1.165, 1.54) is 15.7 Å². The maximum Gasteiger partial charge on any atom is 0.316 e. The highest BCUT2D eigenvalue weighted by Crippen LogP contribution is 2.37. The van der Waals surface area contributed by atoms with Crippen LogP contribution in [0.25, 0.3) is 16.0 Å². The van der Waals surface area contributed by atoms with Crippen molar-refractivity contribution in [1.82, 2.24) is 19.6 Å². The van der Waals surface area contributed by atoms with Crippen molar-refractivity contribution in [2.24, 2.45) is 0 Å². The van der Waals surface area contributed by atoms with Crippen LogP contribution in [0, 0.1) is 0 Å². The van der Waals surface area contributed by atoms with Crippen LogP contribution in [-0.4, -0.2) is 43.5 Å². The monoisotopic (exact) mass is 394 g/mol. The number of thiophene rings is 1. The van der Waals surface area contributed by atoms with Crippen LogP contribution >= 0.6 is 23.1 Å². The molecule has 0 spiro atoms. The number of fused-ring (bicyclic) bond motifs is 4. The topological polar surface area (TPSA) is 98.6 Å².